The number of alkyl halides is 3. The van der Waals surface area contributed by atoms with E-state index in [0.29, 0.717) is 24.8 Å². The summed E-state index contributed by atoms with van der Waals surface area (Å²) in [6.45, 7) is 4.27. The molecule has 3 rings (SSSR count). The Hall–Kier alpha value is -2.12. The minimum absolute atomic E-state index is 0.351. The molecule has 0 atom stereocenters. The summed E-state index contributed by atoms with van der Waals surface area (Å²) in [5.41, 5.74) is 0. The average molecular weight is 325 g/mol. The van der Waals surface area contributed by atoms with Gasteiger partial charge in [-0.2, -0.15) is 13.2 Å². The minimum atomic E-state index is -4.51. The first kappa shape index (κ1) is 15.8. The number of aryl methyl sites for hydroxylation is 1. The summed E-state index contributed by atoms with van der Waals surface area (Å²) < 4.78 is 40.2. The maximum absolute atomic E-state index is 12.7. The minimum Gasteiger partial charge on any atom is -0.356 e. The highest BCUT2D eigenvalue weighted by Crippen LogP contribution is 2.28. The van der Waals surface area contributed by atoms with Crippen LogP contribution in [0.4, 0.5) is 19.0 Å². The fourth-order valence-electron chi connectivity index (χ4n) is 2.88. The van der Waals surface area contributed by atoms with Crippen LogP contribution in [0.3, 0.4) is 0 Å². The summed E-state index contributed by atoms with van der Waals surface area (Å²) in [5, 5.41) is 0. The van der Waals surface area contributed by atoms with Crippen LogP contribution < -0.4 is 4.90 Å². The summed E-state index contributed by atoms with van der Waals surface area (Å²) in [6, 6.07) is 1.54. The number of nitrogens with zero attached hydrogens (tertiary/aromatic N) is 5. The van der Waals surface area contributed by atoms with Crippen LogP contribution in [0.2, 0.25) is 0 Å². The van der Waals surface area contributed by atoms with Crippen molar-refractivity contribution in [3.05, 3.63) is 36.3 Å². The zero-order valence-corrected chi connectivity index (χ0v) is 12.8. The number of rotatable bonds is 3. The SMILES string of the molecule is Cc1nccn1CC1CCN(c2ccnc(C(F)(F)F)n2)CC1. The molecule has 1 aliphatic heterocycles. The molecule has 0 radical (unpaired) electrons. The Morgan fingerprint density at radius 2 is 1.91 bits per heavy atom. The van der Waals surface area contributed by atoms with E-state index >= 15 is 0 Å². The lowest BCUT2D eigenvalue weighted by Gasteiger charge is -2.33. The largest absolute Gasteiger partial charge is 0.451 e. The van der Waals surface area contributed by atoms with E-state index in [1.807, 2.05) is 18.0 Å². The predicted molar refractivity (Wildman–Crippen MR) is 78.9 cm³/mol. The molecule has 0 amide bonds. The van der Waals surface area contributed by atoms with Crippen molar-refractivity contribution < 1.29 is 13.2 Å². The zero-order valence-electron chi connectivity index (χ0n) is 12.8. The lowest BCUT2D eigenvalue weighted by molar-refractivity contribution is -0.144. The normalized spacial score (nSPS) is 16.8. The molecule has 0 saturated carbocycles. The molecule has 1 saturated heterocycles. The highest BCUT2D eigenvalue weighted by molar-refractivity contribution is 5.38. The number of anilines is 1. The third-order valence-corrected chi connectivity index (χ3v) is 4.21. The third-order valence-electron chi connectivity index (χ3n) is 4.21. The second-order valence-corrected chi connectivity index (χ2v) is 5.79. The van der Waals surface area contributed by atoms with Crippen LogP contribution in [0.25, 0.3) is 0 Å². The van der Waals surface area contributed by atoms with Crippen molar-refractivity contribution in [3.63, 3.8) is 0 Å². The van der Waals surface area contributed by atoms with E-state index in [0.717, 1.165) is 25.2 Å². The van der Waals surface area contributed by atoms with Gasteiger partial charge in [0.15, 0.2) is 0 Å². The molecule has 23 heavy (non-hydrogen) atoms. The van der Waals surface area contributed by atoms with Gasteiger partial charge < -0.3 is 9.47 Å². The Morgan fingerprint density at radius 1 is 1.17 bits per heavy atom. The molecular formula is C15H18F3N5. The van der Waals surface area contributed by atoms with Crippen LogP contribution in [0.5, 0.6) is 0 Å². The molecule has 0 N–H and O–H groups in total. The van der Waals surface area contributed by atoms with Crippen LogP contribution >= 0.6 is 0 Å². The van der Waals surface area contributed by atoms with Crippen LogP contribution in [-0.4, -0.2) is 32.6 Å². The van der Waals surface area contributed by atoms with E-state index in [1.54, 1.807) is 6.20 Å². The molecule has 8 heteroatoms. The fourth-order valence-corrected chi connectivity index (χ4v) is 2.88. The number of hydrogen-bond donors (Lipinski definition) is 0. The van der Waals surface area contributed by atoms with Gasteiger partial charge in [-0.25, -0.2) is 15.0 Å². The number of aromatic nitrogens is 4. The Bertz CT molecular complexity index is 659. The highest BCUT2D eigenvalue weighted by Gasteiger charge is 2.35. The van der Waals surface area contributed by atoms with Gasteiger partial charge in [-0.05, 0) is 31.7 Å². The summed E-state index contributed by atoms with van der Waals surface area (Å²) in [6.07, 6.45) is 2.25. The topological polar surface area (TPSA) is 46.8 Å². The fraction of sp³-hybridized carbons (Fsp3) is 0.533. The van der Waals surface area contributed by atoms with E-state index in [4.69, 9.17) is 0 Å². The van der Waals surface area contributed by atoms with Gasteiger partial charge in [-0.15, -0.1) is 0 Å². The maximum Gasteiger partial charge on any atom is 0.451 e. The standard InChI is InChI=1S/C15H18F3N5/c1-11-19-6-9-23(11)10-12-3-7-22(8-4-12)13-2-5-20-14(21-13)15(16,17)18/h2,5-6,9,12H,3-4,7-8,10H2,1H3. The molecule has 3 heterocycles. The van der Waals surface area contributed by atoms with Crippen molar-refractivity contribution in [3.8, 4) is 0 Å². The molecule has 0 aromatic carbocycles. The van der Waals surface area contributed by atoms with Crippen LogP contribution in [-0.2, 0) is 12.7 Å². The van der Waals surface area contributed by atoms with Crippen molar-refractivity contribution >= 4 is 5.82 Å². The molecule has 1 aliphatic rings. The first-order chi connectivity index (χ1) is 10.9. The van der Waals surface area contributed by atoms with E-state index in [1.165, 1.54) is 12.3 Å². The van der Waals surface area contributed by atoms with Crippen molar-refractivity contribution in [1.29, 1.82) is 0 Å². The quantitative estimate of drug-likeness (QED) is 0.870. The summed E-state index contributed by atoms with van der Waals surface area (Å²) in [5.74, 6) is 0.761. The smallest absolute Gasteiger partial charge is 0.356 e. The maximum atomic E-state index is 12.7. The van der Waals surface area contributed by atoms with Gasteiger partial charge in [0, 0.05) is 38.2 Å². The third kappa shape index (κ3) is 3.62. The van der Waals surface area contributed by atoms with E-state index < -0.39 is 12.0 Å². The van der Waals surface area contributed by atoms with Crippen molar-refractivity contribution in [1.82, 2.24) is 19.5 Å². The zero-order chi connectivity index (χ0) is 16.4. The Kier molecular flexibility index (Phi) is 4.23. The van der Waals surface area contributed by atoms with E-state index in [9.17, 15) is 13.2 Å². The second kappa shape index (κ2) is 6.17. The van der Waals surface area contributed by atoms with Crippen molar-refractivity contribution in [2.24, 2.45) is 5.92 Å². The molecule has 0 bridgehead atoms. The molecule has 1 fully saturated rings. The molecule has 5 nitrogen and oxygen atoms in total. The lowest BCUT2D eigenvalue weighted by atomic mass is 9.96. The molecule has 124 valence electrons. The molecule has 0 spiro atoms. The van der Waals surface area contributed by atoms with Gasteiger partial charge in [0.1, 0.15) is 11.6 Å². The number of hydrogen-bond acceptors (Lipinski definition) is 4. The van der Waals surface area contributed by atoms with Gasteiger partial charge in [0.2, 0.25) is 5.82 Å². The van der Waals surface area contributed by atoms with Gasteiger partial charge in [0.25, 0.3) is 0 Å². The van der Waals surface area contributed by atoms with Gasteiger partial charge in [-0.3, -0.25) is 0 Å². The van der Waals surface area contributed by atoms with Crippen molar-refractivity contribution in [2.45, 2.75) is 32.5 Å². The first-order valence-electron chi connectivity index (χ1n) is 7.56. The van der Waals surface area contributed by atoms with Gasteiger partial charge in [0.05, 0.1) is 0 Å². The summed E-state index contributed by atoms with van der Waals surface area (Å²) in [4.78, 5) is 13.1. The monoisotopic (exact) mass is 325 g/mol. The first-order valence-corrected chi connectivity index (χ1v) is 7.56. The molecule has 0 unspecified atom stereocenters. The van der Waals surface area contributed by atoms with Crippen molar-refractivity contribution in [2.75, 3.05) is 18.0 Å². The molecular weight excluding hydrogens is 307 g/mol. The van der Waals surface area contributed by atoms with Crippen LogP contribution in [0, 0.1) is 12.8 Å². The Balaban J connectivity index is 1.62. The lowest BCUT2D eigenvalue weighted by Crippen LogP contribution is -2.36. The van der Waals surface area contributed by atoms with E-state index in [2.05, 4.69) is 19.5 Å². The Morgan fingerprint density at radius 3 is 2.52 bits per heavy atom. The van der Waals surface area contributed by atoms with Crippen LogP contribution in [0.15, 0.2) is 24.7 Å². The predicted octanol–water partition coefficient (Wildman–Crippen LogP) is 2.92. The second-order valence-electron chi connectivity index (χ2n) is 5.79. The summed E-state index contributed by atoms with van der Waals surface area (Å²) in [7, 11) is 0. The van der Waals surface area contributed by atoms with Gasteiger partial charge in [-0.1, -0.05) is 0 Å². The number of piperidine rings is 1. The highest BCUT2D eigenvalue weighted by atomic mass is 19.4. The average Bonchev–Trinajstić information content (AvgIpc) is 2.92. The molecule has 2 aromatic rings. The number of halogens is 3. The van der Waals surface area contributed by atoms with E-state index in [-0.39, 0.29) is 0 Å². The number of imidazole rings is 1. The van der Waals surface area contributed by atoms with Gasteiger partial charge >= 0.3 is 6.18 Å². The summed E-state index contributed by atoms with van der Waals surface area (Å²) >= 11 is 0. The Labute approximate surface area is 132 Å². The molecule has 0 aliphatic carbocycles. The van der Waals surface area contributed by atoms with Crippen LogP contribution in [0.1, 0.15) is 24.5 Å². The molecule has 2 aromatic heterocycles.